The molecule has 30 heteroatoms. The van der Waals surface area contributed by atoms with Gasteiger partial charge in [0.25, 0.3) is 5.91 Å². The van der Waals surface area contributed by atoms with Crippen LogP contribution in [-0.2, 0) is 78.0 Å². The van der Waals surface area contributed by atoms with Crippen LogP contribution in [0.15, 0.2) is 66.2 Å². The Hall–Kier alpha value is -7.42. The molecule has 10 N–H and O–H groups in total. The first kappa shape index (κ1) is 86.0. The Morgan fingerprint density at radius 3 is 1.88 bits per heavy atom. The highest BCUT2D eigenvalue weighted by atomic mass is 32.1. The van der Waals surface area contributed by atoms with E-state index in [1.165, 1.54) is 42.5 Å². The van der Waals surface area contributed by atoms with Crippen molar-refractivity contribution in [2.45, 2.75) is 168 Å². The Morgan fingerprint density at radius 1 is 0.703 bits per heavy atom. The van der Waals surface area contributed by atoms with E-state index in [4.69, 9.17) is 44.8 Å². The summed E-state index contributed by atoms with van der Waals surface area (Å²) >= 11 is 1.47. The van der Waals surface area contributed by atoms with E-state index in [2.05, 4.69) is 41.7 Å². The molecule has 0 radical (unpaired) electrons. The number of thiazole rings is 1. The van der Waals surface area contributed by atoms with Crippen molar-refractivity contribution in [1.82, 2.24) is 46.3 Å². The average molecular weight is 1440 g/mol. The summed E-state index contributed by atoms with van der Waals surface area (Å²) < 4.78 is 39.8. The SMILES string of the molecule is CC[C@H](C)C([C@@H](CC(=O)N1CCC[C@H]1[C@H](OC)[C@@H](C)C(=O)N[C@@H](Cc1ccccc1)c1nccs1)OC)N(C)C(=O)[C@@H](NC(=O)C(C(C)C)N(C)C(=O)COc1ccc(NC(=O)[C@H](CCCNC(N)=O)NC(=O)C(NC(=O)CCOCCOCCOCCOCCON)C(C)C)cc1)C(C)C. The number of likely N-dealkylation sites (N-methyl/N-ethyl adjacent to an activating group) is 2. The summed E-state index contributed by atoms with van der Waals surface area (Å²) in [6.45, 7) is 19.3. The number of benzene rings is 2. The lowest BCUT2D eigenvalue weighted by molar-refractivity contribution is -0.149. The number of urea groups is 1. The summed E-state index contributed by atoms with van der Waals surface area (Å²) in [6, 6.07) is 9.67. The Balaban J connectivity index is 1.35. The molecule has 0 aliphatic carbocycles. The number of nitrogens with two attached hydrogens (primary N) is 2. The lowest BCUT2D eigenvalue weighted by Crippen LogP contribution is -2.60. The van der Waals surface area contributed by atoms with Gasteiger partial charge in [0.15, 0.2) is 6.61 Å². The van der Waals surface area contributed by atoms with Crippen LogP contribution in [0.1, 0.15) is 124 Å². The summed E-state index contributed by atoms with van der Waals surface area (Å²) in [7, 11) is 6.22. The fourth-order valence-electron chi connectivity index (χ4n) is 12.1. The van der Waals surface area contributed by atoms with Crippen LogP contribution in [0.4, 0.5) is 10.5 Å². The van der Waals surface area contributed by atoms with Crippen molar-refractivity contribution in [1.29, 1.82) is 0 Å². The van der Waals surface area contributed by atoms with Gasteiger partial charge in [-0.1, -0.05) is 99.1 Å². The molecule has 0 saturated carbocycles. The molecule has 0 spiro atoms. The smallest absolute Gasteiger partial charge is 0.312 e. The number of ether oxygens (including phenoxy) is 7. The van der Waals surface area contributed by atoms with Crippen LogP contribution in [0.3, 0.4) is 0 Å². The molecular formula is C71H114N12O17S. The van der Waals surface area contributed by atoms with Crippen LogP contribution in [0.2, 0.25) is 0 Å². The largest absolute Gasteiger partial charge is 0.484 e. The number of rotatable bonds is 49. The highest BCUT2D eigenvalue weighted by Crippen LogP contribution is 2.31. The van der Waals surface area contributed by atoms with E-state index in [0.717, 1.165) is 10.6 Å². The lowest BCUT2D eigenvalue weighted by Gasteiger charge is -2.41. The van der Waals surface area contributed by atoms with E-state index in [1.54, 1.807) is 70.0 Å². The minimum atomic E-state index is -1.12. The van der Waals surface area contributed by atoms with Crippen molar-refractivity contribution in [3.05, 3.63) is 76.7 Å². The van der Waals surface area contributed by atoms with Crippen LogP contribution in [0.25, 0.3) is 0 Å². The molecule has 1 aliphatic rings. The zero-order valence-electron chi connectivity index (χ0n) is 61.4. The maximum atomic E-state index is 14.9. The van der Waals surface area contributed by atoms with Gasteiger partial charge in [-0.05, 0) is 85.6 Å². The summed E-state index contributed by atoms with van der Waals surface area (Å²) in [5.74, 6) is -0.369. The first-order chi connectivity index (χ1) is 48.3. The Bertz CT molecular complexity index is 2970. The maximum absolute atomic E-state index is 14.9. The molecular weight excluding hydrogens is 1320 g/mol. The number of aromatic nitrogens is 1. The molecule has 11 atom stereocenters. The standard InChI is InChI=1S/C71H114N12O17S/c1-14-48(8)63(56(93-12)43-58(85)83-31-19-23-55(83)64(94-13)49(9)65(87)78-54(69-74-30-41-101-69)42-50-20-16-15-17-21-50)82(11)70(91)61(46(4)5)80-68(90)62(47(6)7)81(10)59(86)44-99-52-26-24-51(25-27-52)76-66(88)53(22-18-29-75-71(72)92)77-67(89)60(45(2)3)79-57(84)28-32-95-33-34-96-35-36-97-37-38-98-39-40-100-73/h15-17,20-21,24-27,30,41,45-49,53-56,60-64H,14,18-19,22-23,28-29,31-40,42-44,73H2,1-13H3,(H,76,88)(H,77,89)(H,78,87)(H,79,84)(H,80,90)(H3,72,75,92)/t48-,49+,53-,54-,55-,56+,60?,61-,62?,63?,64+/m0/s1. The Kier molecular flexibility index (Phi) is 39.4. The van der Waals surface area contributed by atoms with Gasteiger partial charge in [0.05, 0.1) is 102 Å². The van der Waals surface area contributed by atoms with E-state index in [1.807, 2.05) is 70.3 Å². The number of nitrogens with one attached hydrogen (secondary N) is 6. The van der Waals surface area contributed by atoms with Gasteiger partial charge in [0.1, 0.15) is 34.9 Å². The molecule has 1 saturated heterocycles. The van der Waals surface area contributed by atoms with Crippen molar-refractivity contribution in [3.63, 3.8) is 0 Å². The minimum Gasteiger partial charge on any atom is -0.484 e. The molecule has 1 aromatic heterocycles. The highest BCUT2D eigenvalue weighted by Gasteiger charge is 2.44. The Morgan fingerprint density at radius 2 is 1.33 bits per heavy atom. The van der Waals surface area contributed by atoms with Gasteiger partial charge in [-0.25, -0.2) is 15.7 Å². The van der Waals surface area contributed by atoms with Gasteiger partial charge in [0, 0.05) is 65.1 Å². The first-order valence-electron chi connectivity index (χ1n) is 35.0. The fraction of sp³-hybridized carbons (Fsp3) is 0.662. The van der Waals surface area contributed by atoms with Crippen LogP contribution >= 0.6 is 11.3 Å². The van der Waals surface area contributed by atoms with Crippen LogP contribution < -0.4 is 48.3 Å². The third-order valence-electron chi connectivity index (χ3n) is 17.8. The molecule has 29 nitrogen and oxygen atoms in total. The van der Waals surface area contributed by atoms with Crippen molar-refractivity contribution < 1.29 is 81.1 Å². The normalized spacial score (nSPS) is 16.0. The number of anilines is 1. The lowest BCUT2D eigenvalue weighted by atomic mass is 9.89. The second-order valence-corrected chi connectivity index (χ2v) is 27.2. The van der Waals surface area contributed by atoms with E-state index in [9.17, 15) is 43.2 Å². The molecule has 10 amide bonds. The number of carbonyl (C=O) groups excluding carboxylic acids is 9. The average Bonchev–Trinajstić information content (AvgIpc) is 1.40. The number of hydrogen-bond donors (Lipinski definition) is 8. The van der Waals surface area contributed by atoms with Crippen molar-refractivity contribution >= 4 is 70.3 Å². The third kappa shape index (κ3) is 29.1. The second-order valence-electron chi connectivity index (χ2n) is 26.3. The van der Waals surface area contributed by atoms with E-state index in [-0.39, 0.29) is 87.5 Å². The second kappa shape index (κ2) is 46.2. The predicted molar refractivity (Wildman–Crippen MR) is 382 cm³/mol. The zero-order valence-corrected chi connectivity index (χ0v) is 62.2. The fourth-order valence-corrected chi connectivity index (χ4v) is 12.8. The summed E-state index contributed by atoms with van der Waals surface area (Å²) in [5.41, 5.74) is 6.63. The van der Waals surface area contributed by atoms with Crippen molar-refractivity contribution in [3.8, 4) is 5.75 Å². The molecule has 0 bridgehead atoms. The first-order valence-corrected chi connectivity index (χ1v) is 35.9. The number of amides is 10. The molecule has 566 valence electrons. The molecule has 1 aliphatic heterocycles. The highest BCUT2D eigenvalue weighted by molar-refractivity contribution is 7.09. The summed E-state index contributed by atoms with van der Waals surface area (Å²) in [6.07, 6.45) is 3.05. The number of hydrogen-bond acceptors (Lipinski definition) is 20. The van der Waals surface area contributed by atoms with Crippen LogP contribution in [0, 0.1) is 29.6 Å². The maximum Gasteiger partial charge on any atom is 0.312 e. The number of carbonyl (C=O) groups is 9. The van der Waals surface area contributed by atoms with E-state index in [0.29, 0.717) is 77.6 Å². The van der Waals surface area contributed by atoms with Gasteiger partial charge < -0.3 is 90.3 Å². The number of methoxy groups -OCH3 is 2. The van der Waals surface area contributed by atoms with Gasteiger partial charge in [-0.15, -0.1) is 11.3 Å². The third-order valence-corrected chi connectivity index (χ3v) is 18.7. The molecule has 1 fully saturated rings. The molecule has 4 rings (SSSR count). The Labute approximate surface area is 599 Å². The minimum absolute atomic E-state index is 0.0408. The number of primary amides is 1. The molecule has 3 unspecified atom stereocenters. The zero-order chi connectivity index (χ0) is 74.6. The molecule has 101 heavy (non-hydrogen) atoms. The van der Waals surface area contributed by atoms with Gasteiger partial charge >= 0.3 is 6.03 Å². The molecule has 3 aromatic rings. The van der Waals surface area contributed by atoms with E-state index < -0.39 is 114 Å². The quantitative estimate of drug-likeness (QED) is 0.0284. The topological polar surface area (TPSA) is 374 Å². The number of likely N-dealkylation sites (tertiary alicyclic amines) is 1. The van der Waals surface area contributed by atoms with E-state index >= 15 is 0 Å². The number of nitrogens with zero attached hydrogens (tertiary/aromatic N) is 4. The summed E-state index contributed by atoms with van der Waals surface area (Å²) in [5, 5.41) is 19.6. The molecule has 2 heterocycles. The van der Waals surface area contributed by atoms with Gasteiger partial charge in [-0.2, -0.15) is 0 Å². The van der Waals surface area contributed by atoms with Gasteiger partial charge in [0.2, 0.25) is 41.4 Å². The summed E-state index contributed by atoms with van der Waals surface area (Å²) in [4.78, 5) is 138. The van der Waals surface area contributed by atoms with Gasteiger partial charge in [-0.3, -0.25) is 38.4 Å². The monoisotopic (exact) mass is 1440 g/mol. The van der Waals surface area contributed by atoms with Crippen LogP contribution in [-0.4, -0.2) is 229 Å². The van der Waals surface area contributed by atoms with Crippen molar-refractivity contribution in [2.75, 3.05) is 113 Å². The molecule has 2 aromatic carbocycles. The van der Waals surface area contributed by atoms with Crippen molar-refractivity contribution in [2.24, 2.45) is 41.2 Å². The van der Waals surface area contributed by atoms with Crippen LogP contribution in [0.5, 0.6) is 5.75 Å². The predicted octanol–water partition coefficient (Wildman–Crippen LogP) is 4.53.